The maximum absolute atomic E-state index is 5.50. The van der Waals surface area contributed by atoms with Gasteiger partial charge < -0.3 is 4.74 Å². The average molecular weight is 170 g/mol. The van der Waals surface area contributed by atoms with Crippen LogP contribution >= 0.6 is 0 Å². The van der Waals surface area contributed by atoms with Crippen LogP contribution in [0, 0.1) is 11.3 Å². The van der Waals surface area contributed by atoms with Gasteiger partial charge in [-0.05, 0) is 30.6 Å². The first-order valence-electron chi connectivity index (χ1n) is 5.30. The molecule has 1 saturated heterocycles. The first-order chi connectivity index (χ1) is 5.72. The summed E-state index contributed by atoms with van der Waals surface area (Å²) in [7, 11) is 0. The summed E-state index contributed by atoms with van der Waals surface area (Å²) in [6.07, 6.45) is 5.24. The molecule has 1 fully saturated rings. The second-order valence-electron chi connectivity index (χ2n) is 4.37. The lowest BCUT2D eigenvalue weighted by Crippen LogP contribution is -2.22. The highest BCUT2D eigenvalue weighted by molar-refractivity contribution is 4.83. The maximum atomic E-state index is 5.50. The normalized spacial score (nSPS) is 32.2. The highest BCUT2D eigenvalue weighted by atomic mass is 16.5. The Morgan fingerprint density at radius 1 is 1.42 bits per heavy atom. The molecule has 0 spiro atoms. The quantitative estimate of drug-likeness (QED) is 0.629. The smallest absolute Gasteiger partial charge is 0.0523 e. The standard InChI is InChI=1S/C11H22O/c1-4-10(3)8-11(5-2)6-7-12-9-11/h10H,4-9H2,1-3H3. The summed E-state index contributed by atoms with van der Waals surface area (Å²) >= 11 is 0. The van der Waals surface area contributed by atoms with Gasteiger partial charge in [0, 0.05) is 6.61 Å². The number of rotatable bonds is 4. The van der Waals surface area contributed by atoms with E-state index in [-0.39, 0.29) is 0 Å². The van der Waals surface area contributed by atoms with Gasteiger partial charge in [0.05, 0.1) is 6.61 Å². The Hall–Kier alpha value is -0.0400. The van der Waals surface area contributed by atoms with Gasteiger partial charge in [-0.1, -0.05) is 27.2 Å². The molecule has 1 aliphatic rings. The van der Waals surface area contributed by atoms with E-state index in [4.69, 9.17) is 4.74 Å². The molecule has 1 rings (SSSR count). The van der Waals surface area contributed by atoms with Crippen molar-refractivity contribution in [1.82, 2.24) is 0 Å². The molecule has 0 amide bonds. The fraction of sp³-hybridized carbons (Fsp3) is 1.00. The molecule has 2 atom stereocenters. The second-order valence-corrected chi connectivity index (χ2v) is 4.37. The lowest BCUT2D eigenvalue weighted by molar-refractivity contribution is 0.130. The third kappa shape index (κ3) is 2.22. The van der Waals surface area contributed by atoms with Crippen molar-refractivity contribution < 1.29 is 4.74 Å². The van der Waals surface area contributed by atoms with E-state index in [1.165, 1.54) is 25.7 Å². The molecule has 0 aromatic heterocycles. The minimum atomic E-state index is 0.537. The fourth-order valence-electron chi connectivity index (χ4n) is 2.12. The Morgan fingerprint density at radius 2 is 2.17 bits per heavy atom. The monoisotopic (exact) mass is 170 g/mol. The summed E-state index contributed by atoms with van der Waals surface area (Å²) in [5, 5.41) is 0. The first kappa shape index (κ1) is 10.0. The molecule has 0 aliphatic carbocycles. The van der Waals surface area contributed by atoms with Crippen LogP contribution in [-0.4, -0.2) is 13.2 Å². The molecule has 2 unspecified atom stereocenters. The van der Waals surface area contributed by atoms with Crippen molar-refractivity contribution in [2.24, 2.45) is 11.3 Å². The van der Waals surface area contributed by atoms with E-state index in [0.29, 0.717) is 5.41 Å². The molecular formula is C11H22O. The Labute approximate surface area is 76.5 Å². The van der Waals surface area contributed by atoms with Crippen LogP contribution in [0.4, 0.5) is 0 Å². The molecule has 0 aromatic rings. The summed E-state index contributed by atoms with van der Waals surface area (Å²) in [5.74, 6) is 0.867. The third-order valence-corrected chi connectivity index (χ3v) is 3.41. The molecule has 1 nitrogen and oxygen atoms in total. The molecule has 12 heavy (non-hydrogen) atoms. The Morgan fingerprint density at radius 3 is 2.58 bits per heavy atom. The van der Waals surface area contributed by atoms with Crippen molar-refractivity contribution in [2.75, 3.05) is 13.2 Å². The summed E-state index contributed by atoms with van der Waals surface area (Å²) in [6.45, 7) is 8.94. The summed E-state index contributed by atoms with van der Waals surface area (Å²) in [4.78, 5) is 0. The van der Waals surface area contributed by atoms with E-state index in [2.05, 4.69) is 20.8 Å². The topological polar surface area (TPSA) is 9.23 Å². The van der Waals surface area contributed by atoms with Gasteiger partial charge in [0.1, 0.15) is 0 Å². The highest BCUT2D eigenvalue weighted by Crippen LogP contribution is 2.38. The largest absolute Gasteiger partial charge is 0.381 e. The Kier molecular flexibility index (Phi) is 3.57. The summed E-state index contributed by atoms with van der Waals surface area (Å²) in [5.41, 5.74) is 0.537. The predicted octanol–water partition coefficient (Wildman–Crippen LogP) is 3.24. The SMILES string of the molecule is CCC(C)CC1(CC)CCOC1. The molecule has 0 aromatic carbocycles. The molecule has 0 bridgehead atoms. The van der Waals surface area contributed by atoms with Crippen LogP contribution in [0.1, 0.15) is 46.5 Å². The van der Waals surface area contributed by atoms with Gasteiger partial charge in [0.2, 0.25) is 0 Å². The van der Waals surface area contributed by atoms with Crippen LogP contribution in [0.2, 0.25) is 0 Å². The van der Waals surface area contributed by atoms with Gasteiger partial charge in [0.15, 0.2) is 0 Å². The molecular weight excluding hydrogens is 148 g/mol. The molecule has 1 aliphatic heterocycles. The predicted molar refractivity (Wildman–Crippen MR) is 52.2 cm³/mol. The van der Waals surface area contributed by atoms with Crippen LogP contribution in [0.5, 0.6) is 0 Å². The van der Waals surface area contributed by atoms with Gasteiger partial charge in [0.25, 0.3) is 0 Å². The Balaban J connectivity index is 2.43. The van der Waals surface area contributed by atoms with E-state index < -0.39 is 0 Å². The van der Waals surface area contributed by atoms with Crippen molar-refractivity contribution >= 4 is 0 Å². The summed E-state index contributed by atoms with van der Waals surface area (Å²) in [6, 6.07) is 0. The zero-order valence-corrected chi connectivity index (χ0v) is 8.73. The lowest BCUT2D eigenvalue weighted by atomic mass is 9.76. The number of hydrogen-bond donors (Lipinski definition) is 0. The third-order valence-electron chi connectivity index (χ3n) is 3.41. The van der Waals surface area contributed by atoms with Gasteiger partial charge in [-0.2, -0.15) is 0 Å². The molecule has 0 radical (unpaired) electrons. The molecule has 72 valence electrons. The van der Waals surface area contributed by atoms with E-state index in [1.54, 1.807) is 0 Å². The van der Waals surface area contributed by atoms with Gasteiger partial charge in [-0.3, -0.25) is 0 Å². The zero-order chi connectivity index (χ0) is 9.03. The minimum Gasteiger partial charge on any atom is -0.381 e. The van der Waals surface area contributed by atoms with Gasteiger partial charge in [-0.25, -0.2) is 0 Å². The maximum Gasteiger partial charge on any atom is 0.0523 e. The van der Waals surface area contributed by atoms with Crippen LogP contribution in [0.25, 0.3) is 0 Å². The van der Waals surface area contributed by atoms with E-state index in [9.17, 15) is 0 Å². The number of ether oxygens (including phenoxy) is 1. The van der Waals surface area contributed by atoms with E-state index in [0.717, 1.165) is 19.1 Å². The van der Waals surface area contributed by atoms with Crippen molar-refractivity contribution in [3.8, 4) is 0 Å². The van der Waals surface area contributed by atoms with Crippen LogP contribution in [0.3, 0.4) is 0 Å². The number of hydrogen-bond acceptors (Lipinski definition) is 1. The molecule has 1 heterocycles. The summed E-state index contributed by atoms with van der Waals surface area (Å²) < 4.78 is 5.50. The Bertz CT molecular complexity index is 125. The van der Waals surface area contributed by atoms with Crippen molar-refractivity contribution in [3.63, 3.8) is 0 Å². The van der Waals surface area contributed by atoms with Crippen LogP contribution in [0.15, 0.2) is 0 Å². The zero-order valence-electron chi connectivity index (χ0n) is 8.73. The highest BCUT2D eigenvalue weighted by Gasteiger charge is 2.33. The van der Waals surface area contributed by atoms with Crippen molar-refractivity contribution in [3.05, 3.63) is 0 Å². The fourth-order valence-corrected chi connectivity index (χ4v) is 2.12. The first-order valence-corrected chi connectivity index (χ1v) is 5.30. The van der Waals surface area contributed by atoms with E-state index >= 15 is 0 Å². The van der Waals surface area contributed by atoms with Gasteiger partial charge in [-0.15, -0.1) is 0 Å². The lowest BCUT2D eigenvalue weighted by Gasteiger charge is -2.28. The van der Waals surface area contributed by atoms with Crippen molar-refractivity contribution in [2.45, 2.75) is 46.5 Å². The van der Waals surface area contributed by atoms with E-state index in [1.807, 2.05) is 0 Å². The van der Waals surface area contributed by atoms with Crippen LogP contribution in [-0.2, 0) is 4.74 Å². The second kappa shape index (κ2) is 4.27. The average Bonchev–Trinajstić information content (AvgIpc) is 2.54. The van der Waals surface area contributed by atoms with Crippen molar-refractivity contribution in [1.29, 1.82) is 0 Å². The molecule has 0 N–H and O–H groups in total. The molecule has 0 saturated carbocycles. The van der Waals surface area contributed by atoms with Gasteiger partial charge >= 0.3 is 0 Å². The van der Waals surface area contributed by atoms with Crippen LogP contribution < -0.4 is 0 Å². The molecule has 1 heteroatoms. The minimum absolute atomic E-state index is 0.537.